The third-order valence-electron chi connectivity index (χ3n) is 3.40. The minimum Gasteiger partial charge on any atom is -0.508 e. The number of aromatic hydroxyl groups is 1. The van der Waals surface area contributed by atoms with Crippen molar-refractivity contribution in [2.75, 3.05) is 13.2 Å². The molecule has 1 N–H and O–H groups in total. The summed E-state index contributed by atoms with van der Waals surface area (Å²) >= 11 is 6.25. The van der Waals surface area contributed by atoms with Gasteiger partial charge in [-0.2, -0.15) is 0 Å². The third-order valence-corrected chi connectivity index (χ3v) is 3.71. The van der Waals surface area contributed by atoms with Gasteiger partial charge >= 0.3 is 0 Å². The van der Waals surface area contributed by atoms with E-state index in [2.05, 4.69) is 0 Å². The van der Waals surface area contributed by atoms with E-state index >= 15 is 0 Å². The molecule has 20 heavy (non-hydrogen) atoms. The minimum atomic E-state index is -0.869. The van der Waals surface area contributed by atoms with Crippen LogP contribution < -0.4 is 0 Å². The fourth-order valence-corrected chi connectivity index (χ4v) is 2.80. The van der Waals surface area contributed by atoms with E-state index in [1.54, 1.807) is 12.1 Å². The molecular formula is C16H15ClO3. The van der Waals surface area contributed by atoms with E-state index in [0.29, 0.717) is 24.7 Å². The molecule has 0 saturated carbocycles. The molecule has 0 radical (unpaired) electrons. The predicted octanol–water partition coefficient (Wildman–Crippen LogP) is 3.49. The SMILES string of the molecule is Oc1ccc(C2(Cc3ccccc3)OCCO2)c(Cl)c1. The van der Waals surface area contributed by atoms with Gasteiger partial charge in [0.25, 0.3) is 0 Å². The summed E-state index contributed by atoms with van der Waals surface area (Å²) < 4.78 is 11.7. The zero-order chi connectivity index (χ0) is 14.0. The van der Waals surface area contributed by atoms with E-state index in [1.807, 2.05) is 30.3 Å². The van der Waals surface area contributed by atoms with Crippen molar-refractivity contribution in [3.8, 4) is 5.75 Å². The standard InChI is InChI=1S/C16H15ClO3/c17-15-10-13(18)6-7-14(15)16(19-8-9-20-16)11-12-4-2-1-3-5-12/h1-7,10,18H,8-9,11H2. The number of rotatable bonds is 3. The van der Waals surface area contributed by atoms with Crippen molar-refractivity contribution < 1.29 is 14.6 Å². The molecule has 1 saturated heterocycles. The van der Waals surface area contributed by atoms with Gasteiger partial charge in [0.05, 0.1) is 18.2 Å². The molecule has 4 heteroatoms. The lowest BCUT2D eigenvalue weighted by atomic mass is 9.97. The first-order chi connectivity index (χ1) is 9.70. The van der Waals surface area contributed by atoms with E-state index in [-0.39, 0.29) is 5.75 Å². The van der Waals surface area contributed by atoms with Crippen LogP contribution in [0.4, 0.5) is 0 Å². The van der Waals surface area contributed by atoms with Gasteiger partial charge in [0.2, 0.25) is 5.79 Å². The zero-order valence-corrected chi connectivity index (χ0v) is 11.6. The van der Waals surface area contributed by atoms with Crippen LogP contribution >= 0.6 is 11.6 Å². The monoisotopic (exact) mass is 290 g/mol. The first kappa shape index (κ1) is 13.4. The van der Waals surface area contributed by atoms with E-state index < -0.39 is 5.79 Å². The summed E-state index contributed by atoms with van der Waals surface area (Å²) in [4.78, 5) is 0. The summed E-state index contributed by atoms with van der Waals surface area (Å²) in [6.07, 6.45) is 0.582. The molecule has 0 bridgehead atoms. The van der Waals surface area contributed by atoms with Crippen LogP contribution in [0.3, 0.4) is 0 Å². The maximum atomic E-state index is 9.49. The predicted molar refractivity (Wildman–Crippen MR) is 76.8 cm³/mol. The van der Waals surface area contributed by atoms with Gasteiger partial charge in [0, 0.05) is 12.0 Å². The van der Waals surface area contributed by atoms with Gasteiger partial charge in [-0.15, -0.1) is 0 Å². The Labute approximate surface area is 122 Å². The highest BCUT2D eigenvalue weighted by atomic mass is 35.5. The lowest BCUT2D eigenvalue weighted by Crippen LogP contribution is -2.30. The van der Waals surface area contributed by atoms with Crippen LogP contribution in [0.2, 0.25) is 5.02 Å². The van der Waals surface area contributed by atoms with Crippen molar-refractivity contribution in [2.24, 2.45) is 0 Å². The number of benzene rings is 2. The largest absolute Gasteiger partial charge is 0.508 e. The summed E-state index contributed by atoms with van der Waals surface area (Å²) in [5.74, 6) is -0.738. The van der Waals surface area contributed by atoms with Crippen molar-refractivity contribution in [3.63, 3.8) is 0 Å². The van der Waals surface area contributed by atoms with Crippen LogP contribution in [0.25, 0.3) is 0 Å². The number of hydrogen-bond donors (Lipinski definition) is 1. The fraction of sp³-hybridized carbons (Fsp3) is 0.250. The Morgan fingerprint density at radius 1 is 1.05 bits per heavy atom. The maximum absolute atomic E-state index is 9.49. The molecule has 1 fully saturated rings. The van der Waals surface area contributed by atoms with Gasteiger partial charge in [-0.05, 0) is 23.8 Å². The van der Waals surface area contributed by atoms with Gasteiger partial charge < -0.3 is 14.6 Å². The van der Waals surface area contributed by atoms with Crippen molar-refractivity contribution in [1.82, 2.24) is 0 Å². The van der Waals surface area contributed by atoms with Gasteiger partial charge in [-0.1, -0.05) is 41.9 Å². The van der Waals surface area contributed by atoms with Crippen LogP contribution in [0.5, 0.6) is 5.75 Å². The van der Waals surface area contributed by atoms with E-state index in [9.17, 15) is 5.11 Å². The lowest BCUT2D eigenvalue weighted by Gasteiger charge is -2.29. The molecule has 0 aromatic heterocycles. The van der Waals surface area contributed by atoms with Crippen LogP contribution in [0.1, 0.15) is 11.1 Å². The molecule has 1 aliphatic rings. The average molecular weight is 291 g/mol. The van der Waals surface area contributed by atoms with Crippen LogP contribution in [-0.2, 0) is 21.7 Å². The molecule has 0 unspecified atom stereocenters. The molecule has 3 nitrogen and oxygen atoms in total. The molecule has 0 atom stereocenters. The first-order valence-corrected chi connectivity index (χ1v) is 6.88. The number of phenolic OH excluding ortho intramolecular Hbond substituents is 1. The Balaban J connectivity index is 1.99. The molecule has 0 aliphatic carbocycles. The molecule has 2 aromatic carbocycles. The molecule has 1 heterocycles. The molecular weight excluding hydrogens is 276 g/mol. The fourth-order valence-electron chi connectivity index (χ4n) is 2.49. The summed E-state index contributed by atoms with van der Waals surface area (Å²) in [6.45, 7) is 1.06. The highest BCUT2D eigenvalue weighted by Crippen LogP contribution is 2.39. The Bertz CT molecular complexity index is 592. The van der Waals surface area contributed by atoms with Crippen molar-refractivity contribution >= 4 is 11.6 Å². The Morgan fingerprint density at radius 2 is 1.75 bits per heavy atom. The van der Waals surface area contributed by atoms with Gasteiger partial charge in [-0.3, -0.25) is 0 Å². The van der Waals surface area contributed by atoms with E-state index in [1.165, 1.54) is 6.07 Å². The molecule has 3 rings (SSSR count). The Kier molecular flexibility index (Phi) is 3.66. The second kappa shape index (κ2) is 5.44. The molecule has 1 aliphatic heterocycles. The Hall–Kier alpha value is -1.55. The van der Waals surface area contributed by atoms with Gasteiger partial charge in [0.1, 0.15) is 5.75 Å². The lowest BCUT2D eigenvalue weighted by molar-refractivity contribution is -0.164. The van der Waals surface area contributed by atoms with Crippen LogP contribution in [0, 0.1) is 0 Å². The number of phenols is 1. The summed E-state index contributed by atoms with van der Waals surface area (Å²) in [5.41, 5.74) is 1.86. The van der Waals surface area contributed by atoms with Crippen molar-refractivity contribution in [3.05, 3.63) is 64.7 Å². The molecule has 104 valence electrons. The summed E-state index contributed by atoms with van der Waals surface area (Å²) in [5, 5.41) is 9.93. The normalized spacial score (nSPS) is 17.2. The van der Waals surface area contributed by atoms with Crippen LogP contribution in [-0.4, -0.2) is 18.3 Å². The summed E-state index contributed by atoms with van der Waals surface area (Å²) in [7, 11) is 0. The third kappa shape index (κ3) is 2.52. The number of halogens is 1. The highest BCUT2D eigenvalue weighted by molar-refractivity contribution is 6.31. The van der Waals surface area contributed by atoms with Crippen molar-refractivity contribution in [1.29, 1.82) is 0 Å². The van der Waals surface area contributed by atoms with Crippen LogP contribution in [0.15, 0.2) is 48.5 Å². The van der Waals surface area contributed by atoms with E-state index in [4.69, 9.17) is 21.1 Å². The van der Waals surface area contributed by atoms with E-state index in [0.717, 1.165) is 11.1 Å². The first-order valence-electron chi connectivity index (χ1n) is 6.50. The topological polar surface area (TPSA) is 38.7 Å². The maximum Gasteiger partial charge on any atom is 0.200 e. The average Bonchev–Trinajstić information content (AvgIpc) is 2.89. The molecule has 0 amide bonds. The molecule has 2 aromatic rings. The van der Waals surface area contributed by atoms with Gasteiger partial charge in [0.15, 0.2) is 0 Å². The summed E-state index contributed by atoms with van der Waals surface area (Å²) in [6, 6.07) is 14.9. The smallest absolute Gasteiger partial charge is 0.200 e. The highest BCUT2D eigenvalue weighted by Gasteiger charge is 2.40. The minimum absolute atomic E-state index is 0.131. The second-order valence-corrected chi connectivity index (χ2v) is 5.18. The van der Waals surface area contributed by atoms with Gasteiger partial charge in [-0.25, -0.2) is 0 Å². The van der Waals surface area contributed by atoms with Crippen molar-refractivity contribution in [2.45, 2.75) is 12.2 Å². The quantitative estimate of drug-likeness (QED) is 0.940. The second-order valence-electron chi connectivity index (χ2n) is 4.78. The number of ether oxygens (including phenoxy) is 2. The zero-order valence-electron chi connectivity index (χ0n) is 10.9. The number of hydrogen-bond acceptors (Lipinski definition) is 3. The molecule has 0 spiro atoms. The Morgan fingerprint density at radius 3 is 2.40 bits per heavy atom.